The van der Waals surface area contributed by atoms with Gasteiger partial charge in [0.05, 0.1) is 23.8 Å². The van der Waals surface area contributed by atoms with Crippen LogP contribution in [0, 0.1) is 5.82 Å². The molecule has 7 heteroatoms. The molecule has 2 aromatic rings. The molecule has 0 bridgehead atoms. The summed E-state index contributed by atoms with van der Waals surface area (Å²) in [7, 11) is 4.97. The van der Waals surface area contributed by atoms with Gasteiger partial charge in [-0.1, -0.05) is 0 Å². The zero-order valence-corrected chi connectivity index (χ0v) is 14.2. The largest absolute Gasteiger partial charge is 0.379 e. The number of carbonyl (C=O) groups excluding carboxylic acids is 1. The summed E-state index contributed by atoms with van der Waals surface area (Å²) in [5, 5.41) is 0.753. The second-order valence-electron chi connectivity index (χ2n) is 5.10. The second kappa shape index (κ2) is 8.14. The van der Waals surface area contributed by atoms with Gasteiger partial charge in [-0.25, -0.2) is 9.37 Å². The highest BCUT2D eigenvalue weighted by Gasteiger charge is 2.14. The number of halogens is 1. The van der Waals surface area contributed by atoms with Crippen LogP contribution in [0.5, 0.6) is 0 Å². The number of methoxy groups -OCH3 is 1. The molecule has 0 saturated carbocycles. The number of amides is 1. The van der Waals surface area contributed by atoms with E-state index in [1.807, 2.05) is 0 Å². The van der Waals surface area contributed by atoms with Crippen molar-refractivity contribution in [2.45, 2.75) is 13.2 Å². The number of benzene rings is 1. The number of carbonyl (C=O) groups is 1. The Morgan fingerprint density at radius 2 is 1.96 bits per heavy atom. The third kappa shape index (κ3) is 4.82. The first kappa shape index (κ1) is 17.5. The Balaban J connectivity index is 2.11. The molecular formula is C16H19FN2O3S. The average molecular weight is 338 g/mol. The summed E-state index contributed by atoms with van der Waals surface area (Å²) in [5.74, 6) is -0.388. The van der Waals surface area contributed by atoms with Gasteiger partial charge in [-0.15, -0.1) is 11.3 Å². The van der Waals surface area contributed by atoms with Crippen molar-refractivity contribution in [3.8, 4) is 11.3 Å². The Bertz CT molecular complexity index is 656. The van der Waals surface area contributed by atoms with E-state index in [1.54, 1.807) is 33.3 Å². The van der Waals surface area contributed by atoms with Crippen molar-refractivity contribution in [3.63, 3.8) is 0 Å². The average Bonchev–Trinajstić information content (AvgIpc) is 2.91. The van der Waals surface area contributed by atoms with E-state index in [9.17, 15) is 9.18 Å². The molecule has 2 rings (SSSR count). The molecule has 0 fully saturated rings. The summed E-state index contributed by atoms with van der Waals surface area (Å²) in [6.07, 6.45) is 0. The van der Waals surface area contributed by atoms with Crippen LogP contribution in [-0.4, -0.2) is 43.6 Å². The van der Waals surface area contributed by atoms with Crippen LogP contribution < -0.4 is 0 Å². The Morgan fingerprint density at radius 3 is 2.57 bits per heavy atom. The molecule has 5 nitrogen and oxygen atoms in total. The number of thiazole rings is 1. The maximum atomic E-state index is 13.1. The summed E-state index contributed by atoms with van der Waals surface area (Å²) in [5.41, 5.74) is 1.58. The van der Waals surface area contributed by atoms with E-state index in [0.717, 1.165) is 21.1 Å². The fourth-order valence-corrected chi connectivity index (χ4v) is 2.88. The monoisotopic (exact) mass is 338 g/mol. The minimum atomic E-state index is -0.289. The third-order valence-electron chi connectivity index (χ3n) is 3.08. The van der Waals surface area contributed by atoms with Crippen molar-refractivity contribution < 1.29 is 18.7 Å². The predicted octanol–water partition coefficient (Wildman–Crippen LogP) is 2.70. The highest BCUT2D eigenvalue weighted by atomic mass is 32.1. The maximum absolute atomic E-state index is 13.1. The number of hydrogen-bond donors (Lipinski definition) is 0. The number of hydrogen-bond acceptors (Lipinski definition) is 5. The highest BCUT2D eigenvalue weighted by Crippen LogP contribution is 2.29. The fourth-order valence-electron chi connectivity index (χ4n) is 1.88. The second-order valence-corrected chi connectivity index (χ2v) is 6.27. The number of likely N-dealkylation sites (N-methyl/N-ethyl adjacent to an activating group) is 1. The Labute approximate surface area is 138 Å². The molecular weight excluding hydrogens is 319 g/mol. The lowest BCUT2D eigenvalue weighted by Gasteiger charge is -2.09. The van der Waals surface area contributed by atoms with Gasteiger partial charge in [-0.2, -0.15) is 0 Å². The molecule has 0 saturated heterocycles. The molecule has 23 heavy (non-hydrogen) atoms. The summed E-state index contributed by atoms with van der Waals surface area (Å²) in [4.78, 5) is 18.4. The Morgan fingerprint density at radius 1 is 1.26 bits per heavy atom. The maximum Gasteiger partial charge on any atom is 0.248 e. The van der Waals surface area contributed by atoms with Crippen molar-refractivity contribution in [1.29, 1.82) is 0 Å². The Hall–Kier alpha value is -1.83. The van der Waals surface area contributed by atoms with Crippen LogP contribution in [0.15, 0.2) is 24.3 Å². The smallest absolute Gasteiger partial charge is 0.248 e. The first-order valence-corrected chi connectivity index (χ1v) is 7.84. The minimum absolute atomic E-state index is 0.0120. The number of ether oxygens (including phenoxy) is 2. The first-order valence-electron chi connectivity index (χ1n) is 7.02. The molecule has 1 amide bonds. The van der Waals surface area contributed by atoms with Gasteiger partial charge in [0.25, 0.3) is 0 Å². The lowest BCUT2D eigenvalue weighted by molar-refractivity contribution is -0.133. The zero-order chi connectivity index (χ0) is 16.8. The molecule has 0 spiro atoms. The molecule has 0 aliphatic rings. The predicted molar refractivity (Wildman–Crippen MR) is 86.6 cm³/mol. The summed E-state index contributed by atoms with van der Waals surface area (Å²) < 4.78 is 23.7. The van der Waals surface area contributed by atoms with E-state index >= 15 is 0 Å². The summed E-state index contributed by atoms with van der Waals surface area (Å²) in [6, 6.07) is 6.17. The van der Waals surface area contributed by atoms with Gasteiger partial charge < -0.3 is 14.4 Å². The van der Waals surface area contributed by atoms with Crippen molar-refractivity contribution >= 4 is 17.2 Å². The fraction of sp³-hybridized carbons (Fsp3) is 0.375. The van der Waals surface area contributed by atoms with Gasteiger partial charge in [-0.3, -0.25) is 4.79 Å². The lowest BCUT2D eigenvalue weighted by Crippen LogP contribution is -2.26. The van der Waals surface area contributed by atoms with E-state index in [-0.39, 0.29) is 24.9 Å². The van der Waals surface area contributed by atoms with Crippen molar-refractivity contribution in [3.05, 3.63) is 40.0 Å². The third-order valence-corrected chi connectivity index (χ3v) is 4.09. The molecule has 0 aliphatic carbocycles. The van der Waals surface area contributed by atoms with Gasteiger partial charge in [0.2, 0.25) is 5.91 Å². The van der Waals surface area contributed by atoms with Gasteiger partial charge >= 0.3 is 0 Å². The van der Waals surface area contributed by atoms with Crippen LogP contribution in [0.1, 0.15) is 9.88 Å². The minimum Gasteiger partial charge on any atom is -0.379 e. The van der Waals surface area contributed by atoms with Gasteiger partial charge in [0.1, 0.15) is 17.4 Å². The van der Waals surface area contributed by atoms with Crippen LogP contribution in [0.4, 0.5) is 4.39 Å². The van der Waals surface area contributed by atoms with E-state index in [2.05, 4.69) is 4.98 Å². The molecule has 0 radical (unpaired) electrons. The van der Waals surface area contributed by atoms with Crippen molar-refractivity contribution in [2.75, 3.05) is 27.8 Å². The molecule has 124 valence electrons. The molecule has 0 aliphatic heterocycles. The van der Waals surface area contributed by atoms with Crippen LogP contribution in [0.25, 0.3) is 11.3 Å². The molecule has 1 aromatic carbocycles. The van der Waals surface area contributed by atoms with Crippen molar-refractivity contribution in [2.24, 2.45) is 0 Å². The van der Waals surface area contributed by atoms with Crippen LogP contribution in [-0.2, 0) is 27.5 Å². The molecule has 0 N–H and O–H groups in total. The topological polar surface area (TPSA) is 51.7 Å². The van der Waals surface area contributed by atoms with Crippen LogP contribution in [0.2, 0.25) is 0 Å². The Kier molecular flexibility index (Phi) is 6.20. The summed E-state index contributed by atoms with van der Waals surface area (Å²) >= 11 is 1.46. The first-order chi connectivity index (χ1) is 11.0. The standard InChI is InChI=1S/C16H19FN2O3S/c1-19(2)15(20)10-22-9-14-18-16(13(23-14)8-21-3)11-4-6-12(17)7-5-11/h4-7H,8-10H2,1-3H3. The molecule has 1 aromatic heterocycles. The van der Waals surface area contributed by atoms with E-state index < -0.39 is 0 Å². The van der Waals surface area contributed by atoms with Gasteiger partial charge in [0, 0.05) is 26.8 Å². The van der Waals surface area contributed by atoms with Gasteiger partial charge in [-0.05, 0) is 24.3 Å². The van der Waals surface area contributed by atoms with E-state index in [4.69, 9.17) is 9.47 Å². The quantitative estimate of drug-likeness (QED) is 0.779. The summed E-state index contributed by atoms with van der Waals surface area (Å²) in [6.45, 7) is 0.682. The van der Waals surface area contributed by atoms with Crippen LogP contribution in [0.3, 0.4) is 0 Å². The zero-order valence-electron chi connectivity index (χ0n) is 13.3. The lowest BCUT2D eigenvalue weighted by atomic mass is 10.1. The van der Waals surface area contributed by atoms with Crippen molar-refractivity contribution in [1.82, 2.24) is 9.88 Å². The molecule has 0 unspecified atom stereocenters. The molecule has 0 atom stereocenters. The van der Waals surface area contributed by atoms with Gasteiger partial charge in [0.15, 0.2) is 0 Å². The number of rotatable bonds is 7. The number of nitrogens with zero attached hydrogens (tertiary/aromatic N) is 2. The SMILES string of the molecule is COCc1sc(COCC(=O)N(C)C)nc1-c1ccc(F)cc1. The van der Waals surface area contributed by atoms with Crippen LogP contribution >= 0.6 is 11.3 Å². The molecule has 1 heterocycles. The normalized spacial score (nSPS) is 10.8. The van der Waals surface area contributed by atoms with E-state index in [1.165, 1.54) is 28.4 Å². The highest BCUT2D eigenvalue weighted by molar-refractivity contribution is 7.12. The van der Waals surface area contributed by atoms with E-state index in [0.29, 0.717) is 6.61 Å². The number of aromatic nitrogens is 1.